The monoisotopic (exact) mass is 466 g/mol. The van der Waals surface area contributed by atoms with E-state index in [1.165, 1.54) is 18.1 Å². The van der Waals surface area contributed by atoms with Crippen LogP contribution in [0.1, 0.15) is 62.5 Å². The topological polar surface area (TPSA) is 124 Å². The molecule has 0 aliphatic carbocycles. The van der Waals surface area contributed by atoms with E-state index in [4.69, 9.17) is 18.9 Å². The van der Waals surface area contributed by atoms with Gasteiger partial charge in [0.05, 0.1) is 31.4 Å². The van der Waals surface area contributed by atoms with Crippen LogP contribution in [-0.4, -0.2) is 73.3 Å². The fourth-order valence-electron chi connectivity index (χ4n) is 3.65. The highest BCUT2D eigenvalue weighted by Crippen LogP contribution is 2.38. The fourth-order valence-corrected chi connectivity index (χ4v) is 3.65. The van der Waals surface area contributed by atoms with Crippen LogP contribution in [0.4, 0.5) is 9.59 Å². The van der Waals surface area contributed by atoms with Crippen LogP contribution in [0.5, 0.6) is 5.75 Å². The van der Waals surface area contributed by atoms with Gasteiger partial charge < -0.3 is 34.3 Å². The number of carbonyl (C=O) groups is 3. The van der Waals surface area contributed by atoms with Crippen molar-refractivity contribution in [2.24, 2.45) is 0 Å². The molecule has 10 heteroatoms. The number of amides is 2. The zero-order valence-electron chi connectivity index (χ0n) is 19.9. The van der Waals surface area contributed by atoms with Gasteiger partial charge in [0.25, 0.3) is 0 Å². The number of likely N-dealkylation sites (tertiary alicyclic amines) is 1. The van der Waals surface area contributed by atoms with Crippen molar-refractivity contribution in [3.63, 3.8) is 0 Å². The second kappa shape index (κ2) is 11.7. The van der Waals surface area contributed by atoms with Gasteiger partial charge in [-0.1, -0.05) is 6.07 Å². The molecule has 1 aromatic rings. The Morgan fingerprint density at radius 2 is 1.97 bits per heavy atom. The Bertz CT molecular complexity index is 836. The number of hydrogen-bond donors (Lipinski definition) is 2. The molecule has 0 aromatic heterocycles. The number of methoxy groups -OCH3 is 1. The fraction of sp³-hybridized carbons (Fsp3) is 0.609. The largest absolute Gasteiger partial charge is 0.491 e. The van der Waals surface area contributed by atoms with E-state index in [2.05, 4.69) is 5.32 Å². The summed E-state index contributed by atoms with van der Waals surface area (Å²) in [6, 6.07) is 4.28. The number of piperidine rings is 1. The van der Waals surface area contributed by atoms with Gasteiger partial charge in [0.15, 0.2) is 0 Å². The molecule has 33 heavy (non-hydrogen) atoms. The van der Waals surface area contributed by atoms with Crippen molar-refractivity contribution in [2.75, 3.05) is 33.4 Å². The first-order chi connectivity index (χ1) is 15.6. The van der Waals surface area contributed by atoms with Gasteiger partial charge in [-0.05, 0) is 52.7 Å². The van der Waals surface area contributed by atoms with E-state index < -0.39 is 29.8 Å². The molecule has 10 nitrogen and oxygen atoms in total. The average molecular weight is 467 g/mol. The third-order valence-corrected chi connectivity index (χ3v) is 5.02. The summed E-state index contributed by atoms with van der Waals surface area (Å²) < 4.78 is 21.6. The lowest BCUT2D eigenvalue weighted by Gasteiger charge is -2.38. The first-order valence-electron chi connectivity index (χ1n) is 11.0. The maximum atomic E-state index is 12.0. The second-order valence-corrected chi connectivity index (χ2v) is 8.61. The molecule has 1 aromatic carbocycles. The third-order valence-electron chi connectivity index (χ3n) is 5.02. The molecule has 1 aliphatic rings. The van der Waals surface area contributed by atoms with Crippen molar-refractivity contribution in [2.45, 2.75) is 58.3 Å². The number of esters is 1. The lowest BCUT2D eigenvalue weighted by atomic mass is 9.92. The summed E-state index contributed by atoms with van der Waals surface area (Å²) in [5, 5.41) is 12.3. The summed E-state index contributed by atoms with van der Waals surface area (Å²) >= 11 is 0. The number of nitrogens with zero attached hydrogens (tertiary/aromatic N) is 1. The number of benzene rings is 1. The molecule has 1 unspecified atom stereocenters. The van der Waals surface area contributed by atoms with E-state index >= 15 is 0 Å². The van der Waals surface area contributed by atoms with Crippen molar-refractivity contribution in [1.82, 2.24) is 10.2 Å². The minimum atomic E-state index is -1.04. The molecular weight excluding hydrogens is 432 g/mol. The Hall–Kier alpha value is -3.01. The van der Waals surface area contributed by atoms with Crippen LogP contribution in [0.15, 0.2) is 18.2 Å². The minimum absolute atomic E-state index is 0.0856. The van der Waals surface area contributed by atoms with Gasteiger partial charge in [0.1, 0.15) is 18.0 Å². The molecule has 1 saturated heterocycles. The molecule has 1 fully saturated rings. The summed E-state index contributed by atoms with van der Waals surface area (Å²) in [7, 11) is 1.28. The maximum Gasteiger partial charge on any atom is 0.407 e. The smallest absolute Gasteiger partial charge is 0.407 e. The van der Waals surface area contributed by atoms with Crippen LogP contribution in [-0.2, 0) is 14.2 Å². The molecule has 184 valence electrons. The highest BCUT2D eigenvalue weighted by Gasteiger charge is 2.35. The maximum absolute atomic E-state index is 12.0. The highest BCUT2D eigenvalue weighted by atomic mass is 16.6. The molecular formula is C23H34N2O8. The SMILES string of the molecule is CCOC1CCN(C(=O)O)[C@H](c2ccc(C(=O)OC)cc2OCCNC(=O)OC(C)(C)C)C1. The van der Waals surface area contributed by atoms with Crippen LogP contribution >= 0.6 is 0 Å². The predicted octanol–water partition coefficient (Wildman–Crippen LogP) is 3.60. The molecule has 1 heterocycles. The standard InChI is InChI=1S/C23H34N2O8/c1-6-31-16-9-11-25(22(28)29)18(14-16)17-8-7-15(20(26)30-5)13-19(17)32-12-10-24-21(27)33-23(2,3)4/h7-8,13,16,18H,6,9-12,14H2,1-5H3,(H,24,27)(H,28,29)/t16?,18-/m0/s1. The van der Waals surface area contributed by atoms with Crippen LogP contribution in [0, 0.1) is 0 Å². The Kier molecular flexibility index (Phi) is 9.33. The lowest BCUT2D eigenvalue weighted by Crippen LogP contribution is -2.42. The summed E-state index contributed by atoms with van der Waals surface area (Å²) in [4.78, 5) is 37.1. The van der Waals surface area contributed by atoms with Gasteiger partial charge in [-0.3, -0.25) is 0 Å². The number of rotatable bonds is 8. The molecule has 2 amide bonds. The van der Waals surface area contributed by atoms with Gasteiger partial charge >= 0.3 is 18.2 Å². The van der Waals surface area contributed by atoms with Crippen molar-refractivity contribution in [3.8, 4) is 5.75 Å². The highest BCUT2D eigenvalue weighted by molar-refractivity contribution is 5.90. The third kappa shape index (κ3) is 7.81. The number of ether oxygens (including phenoxy) is 4. The van der Waals surface area contributed by atoms with Crippen molar-refractivity contribution < 1.29 is 38.4 Å². The van der Waals surface area contributed by atoms with Crippen LogP contribution in [0.2, 0.25) is 0 Å². The summed E-state index contributed by atoms with van der Waals surface area (Å²) in [5.41, 5.74) is 0.271. The minimum Gasteiger partial charge on any atom is -0.491 e. The normalized spacial score (nSPS) is 18.4. The molecule has 2 rings (SSSR count). The number of nitrogens with one attached hydrogen (secondary N) is 1. The number of carboxylic acid groups (broad SMARTS) is 1. The van der Waals surface area contributed by atoms with Crippen LogP contribution in [0.3, 0.4) is 0 Å². The van der Waals surface area contributed by atoms with Gasteiger partial charge in [0, 0.05) is 18.7 Å². The second-order valence-electron chi connectivity index (χ2n) is 8.61. The first-order valence-corrected chi connectivity index (χ1v) is 11.0. The molecule has 1 aliphatic heterocycles. The van der Waals surface area contributed by atoms with E-state index in [-0.39, 0.29) is 24.8 Å². The zero-order chi connectivity index (χ0) is 24.6. The summed E-state index contributed by atoms with van der Waals surface area (Å²) in [6.07, 6.45) is -0.627. The van der Waals surface area contributed by atoms with Crippen molar-refractivity contribution in [1.29, 1.82) is 0 Å². The van der Waals surface area contributed by atoms with Crippen molar-refractivity contribution >= 4 is 18.2 Å². The van der Waals surface area contributed by atoms with E-state index in [1.807, 2.05) is 6.92 Å². The number of alkyl carbamates (subject to hydrolysis) is 1. The number of hydrogen-bond acceptors (Lipinski definition) is 7. The zero-order valence-corrected chi connectivity index (χ0v) is 19.9. The van der Waals surface area contributed by atoms with Crippen molar-refractivity contribution in [3.05, 3.63) is 29.3 Å². The molecule has 0 saturated carbocycles. The van der Waals surface area contributed by atoms with Gasteiger partial charge in [-0.15, -0.1) is 0 Å². The first kappa shape index (κ1) is 26.2. The predicted molar refractivity (Wildman–Crippen MR) is 120 cm³/mol. The molecule has 0 radical (unpaired) electrons. The Morgan fingerprint density at radius 3 is 2.58 bits per heavy atom. The Balaban J connectivity index is 2.23. The molecule has 0 bridgehead atoms. The van der Waals surface area contributed by atoms with E-state index in [0.717, 1.165) is 0 Å². The average Bonchev–Trinajstić information content (AvgIpc) is 2.75. The van der Waals surface area contributed by atoms with Crippen LogP contribution < -0.4 is 10.1 Å². The van der Waals surface area contributed by atoms with Gasteiger partial charge in [0.2, 0.25) is 0 Å². The Labute approximate surface area is 194 Å². The molecule has 2 N–H and O–H groups in total. The van der Waals surface area contributed by atoms with E-state index in [1.54, 1.807) is 32.9 Å². The van der Waals surface area contributed by atoms with Crippen LogP contribution in [0.25, 0.3) is 0 Å². The van der Waals surface area contributed by atoms with E-state index in [9.17, 15) is 19.5 Å². The van der Waals surface area contributed by atoms with Gasteiger partial charge in [-0.25, -0.2) is 14.4 Å². The molecule has 2 atom stereocenters. The Morgan fingerprint density at radius 1 is 1.24 bits per heavy atom. The number of carbonyl (C=O) groups excluding carboxylic acids is 2. The van der Waals surface area contributed by atoms with E-state index in [0.29, 0.717) is 37.3 Å². The molecule has 0 spiro atoms. The summed E-state index contributed by atoms with van der Waals surface area (Å²) in [5.74, 6) is -0.193. The summed E-state index contributed by atoms with van der Waals surface area (Å²) in [6.45, 7) is 8.30. The lowest BCUT2D eigenvalue weighted by molar-refractivity contribution is -0.00646. The quantitative estimate of drug-likeness (QED) is 0.440. The van der Waals surface area contributed by atoms with Gasteiger partial charge in [-0.2, -0.15) is 0 Å².